The van der Waals surface area contributed by atoms with Crippen LogP contribution < -0.4 is 10.1 Å². The molecule has 1 spiro atoms. The maximum absolute atomic E-state index is 13.4. The lowest BCUT2D eigenvalue weighted by atomic mass is 9.80. The van der Waals surface area contributed by atoms with Crippen LogP contribution in [0.5, 0.6) is 5.75 Å². The first-order valence-corrected chi connectivity index (χ1v) is 9.15. The summed E-state index contributed by atoms with van der Waals surface area (Å²) >= 11 is 0. The molecule has 0 radical (unpaired) electrons. The number of nitriles is 1. The van der Waals surface area contributed by atoms with Gasteiger partial charge in [-0.05, 0) is 62.4 Å². The van der Waals surface area contributed by atoms with Crippen molar-refractivity contribution in [2.45, 2.75) is 38.2 Å². The smallest absolute Gasteiger partial charge is 0.144 e. The lowest BCUT2D eigenvalue weighted by Gasteiger charge is -2.37. The highest BCUT2D eigenvalue weighted by molar-refractivity contribution is 5.90. The van der Waals surface area contributed by atoms with E-state index in [1.807, 2.05) is 18.2 Å². The van der Waals surface area contributed by atoms with Gasteiger partial charge in [0.05, 0.1) is 11.6 Å². The second kappa shape index (κ2) is 6.49. The molecule has 0 atom stereocenters. The van der Waals surface area contributed by atoms with Crippen LogP contribution in [0.15, 0.2) is 48.0 Å². The van der Waals surface area contributed by atoms with Crippen LogP contribution in [-0.4, -0.2) is 12.1 Å². The molecule has 2 aromatic rings. The van der Waals surface area contributed by atoms with Crippen LogP contribution in [0.2, 0.25) is 0 Å². The molecule has 132 valence electrons. The zero-order valence-corrected chi connectivity index (χ0v) is 14.8. The summed E-state index contributed by atoms with van der Waals surface area (Å²) in [5.74, 6) is 0.516. The van der Waals surface area contributed by atoms with Gasteiger partial charge in [0.25, 0.3) is 0 Å². The molecule has 1 heterocycles. The number of ether oxygens (including phenoxy) is 1. The lowest BCUT2D eigenvalue weighted by molar-refractivity contribution is 0.116. The van der Waals surface area contributed by atoms with E-state index in [0.717, 1.165) is 60.4 Å². The van der Waals surface area contributed by atoms with Gasteiger partial charge in [0.2, 0.25) is 0 Å². The van der Waals surface area contributed by atoms with Crippen molar-refractivity contribution in [1.82, 2.24) is 0 Å². The van der Waals surface area contributed by atoms with E-state index in [-0.39, 0.29) is 5.82 Å². The first kappa shape index (κ1) is 16.7. The number of nitrogens with one attached hydrogen (secondary N) is 1. The minimum Gasteiger partial charge on any atom is -0.481 e. The average molecular weight is 348 g/mol. The molecule has 0 amide bonds. The van der Waals surface area contributed by atoms with Crippen LogP contribution in [0, 0.1) is 17.1 Å². The molecule has 3 nitrogen and oxygen atoms in total. The van der Waals surface area contributed by atoms with Gasteiger partial charge in [-0.3, -0.25) is 0 Å². The van der Waals surface area contributed by atoms with E-state index in [1.165, 1.54) is 12.1 Å². The second-order valence-corrected chi connectivity index (χ2v) is 6.91. The standard InChI is InChI=1S/C22H21FN2O/c1-2-25-17-9-10-18-20(13-17)26-22(11-3-4-12-22)19(14-24)21(18)15-5-7-16(23)8-6-15/h5-10,13,25H,2-4,11-12H2,1H3. The predicted molar refractivity (Wildman–Crippen MR) is 100 cm³/mol. The largest absolute Gasteiger partial charge is 0.481 e. The molecule has 1 N–H and O–H groups in total. The minimum atomic E-state index is -0.559. The van der Waals surface area contributed by atoms with Crippen molar-refractivity contribution in [2.24, 2.45) is 0 Å². The van der Waals surface area contributed by atoms with Crippen LogP contribution >= 0.6 is 0 Å². The highest BCUT2D eigenvalue weighted by atomic mass is 19.1. The molecule has 1 aliphatic carbocycles. The van der Waals surface area contributed by atoms with Gasteiger partial charge >= 0.3 is 0 Å². The number of hydrogen-bond donors (Lipinski definition) is 1. The van der Waals surface area contributed by atoms with Crippen molar-refractivity contribution in [3.63, 3.8) is 0 Å². The summed E-state index contributed by atoms with van der Waals surface area (Å²) in [4.78, 5) is 0. The van der Waals surface area contributed by atoms with Crippen LogP contribution in [0.1, 0.15) is 43.7 Å². The minimum absolute atomic E-state index is 0.279. The summed E-state index contributed by atoms with van der Waals surface area (Å²) < 4.78 is 19.9. The molecule has 0 aromatic heterocycles. The topological polar surface area (TPSA) is 45.0 Å². The summed E-state index contributed by atoms with van der Waals surface area (Å²) in [7, 11) is 0. The Balaban J connectivity index is 1.95. The summed E-state index contributed by atoms with van der Waals surface area (Å²) in [5.41, 5.74) is 3.74. The molecule has 0 saturated heterocycles. The van der Waals surface area contributed by atoms with Gasteiger partial charge in [0, 0.05) is 29.4 Å². The average Bonchev–Trinajstić information content (AvgIpc) is 3.10. The predicted octanol–water partition coefficient (Wildman–Crippen LogP) is 5.29. The van der Waals surface area contributed by atoms with Gasteiger partial charge in [-0.15, -0.1) is 0 Å². The molecule has 2 aliphatic rings. The van der Waals surface area contributed by atoms with E-state index in [0.29, 0.717) is 5.57 Å². The number of fused-ring (bicyclic) bond motifs is 1. The number of benzene rings is 2. The van der Waals surface area contributed by atoms with Crippen molar-refractivity contribution >= 4 is 11.3 Å². The lowest BCUT2D eigenvalue weighted by Crippen LogP contribution is -2.38. The summed E-state index contributed by atoms with van der Waals surface area (Å²) in [6, 6.07) is 14.8. The Morgan fingerprint density at radius 1 is 1.15 bits per heavy atom. The molecule has 1 aliphatic heterocycles. The molecule has 26 heavy (non-hydrogen) atoms. The van der Waals surface area contributed by atoms with Crippen LogP contribution in [0.4, 0.5) is 10.1 Å². The molecule has 1 saturated carbocycles. The van der Waals surface area contributed by atoms with Gasteiger partial charge in [-0.25, -0.2) is 4.39 Å². The Morgan fingerprint density at radius 2 is 1.88 bits per heavy atom. The van der Waals surface area contributed by atoms with Crippen molar-refractivity contribution in [3.8, 4) is 11.8 Å². The first-order chi connectivity index (χ1) is 12.7. The quantitative estimate of drug-likeness (QED) is 0.820. The van der Waals surface area contributed by atoms with E-state index in [2.05, 4.69) is 18.3 Å². The third-order valence-corrected chi connectivity index (χ3v) is 5.30. The molecule has 2 aromatic carbocycles. The number of anilines is 1. The van der Waals surface area contributed by atoms with Crippen LogP contribution in [-0.2, 0) is 0 Å². The van der Waals surface area contributed by atoms with E-state index in [1.54, 1.807) is 12.1 Å². The van der Waals surface area contributed by atoms with Crippen molar-refractivity contribution in [1.29, 1.82) is 5.26 Å². The summed E-state index contributed by atoms with van der Waals surface area (Å²) in [6.07, 6.45) is 3.77. The van der Waals surface area contributed by atoms with Gasteiger partial charge in [0.1, 0.15) is 17.2 Å². The van der Waals surface area contributed by atoms with Gasteiger partial charge < -0.3 is 10.1 Å². The van der Waals surface area contributed by atoms with E-state index in [9.17, 15) is 9.65 Å². The highest BCUT2D eigenvalue weighted by Gasteiger charge is 2.45. The Bertz CT molecular complexity index is 903. The fourth-order valence-electron chi connectivity index (χ4n) is 4.12. The van der Waals surface area contributed by atoms with E-state index in [4.69, 9.17) is 4.74 Å². The highest BCUT2D eigenvalue weighted by Crippen LogP contribution is 2.50. The van der Waals surface area contributed by atoms with Crippen molar-refractivity contribution in [2.75, 3.05) is 11.9 Å². The Kier molecular flexibility index (Phi) is 4.16. The maximum atomic E-state index is 13.4. The Morgan fingerprint density at radius 3 is 2.54 bits per heavy atom. The fraction of sp³-hybridized carbons (Fsp3) is 0.318. The molecular formula is C22H21FN2O. The third-order valence-electron chi connectivity index (χ3n) is 5.30. The van der Waals surface area contributed by atoms with Crippen molar-refractivity contribution in [3.05, 3.63) is 65.0 Å². The fourth-order valence-corrected chi connectivity index (χ4v) is 4.12. The van der Waals surface area contributed by atoms with Gasteiger partial charge in [-0.2, -0.15) is 5.26 Å². The number of hydrogen-bond acceptors (Lipinski definition) is 3. The van der Waals surface area contributed by atoms with Crippen LogP contribution in [0.25, 0.3) is 5.57 Å². The zero-order chi connectivity index (χ0) is 18.1. The maximum Gasteiger partial charge on any atom is 0.144 e. The van der Waals surface area contributed by atoms with Gasteiger partial charge in [0.15, 0.2) is 0 Å². The number of rotatable bonds is 3. The molecular weight excluding hydrogens is 327 g/mol. The Hall–Kier alpha value is -2.80. The molecule has 1 fully saturated rings. The van der Waals surface area contributed by atoms with Crippen LogP contribution in [0.3, 0.4) is 0 Å². The normalized spacial score (nSPS) is 17.6. The number of halogens is 1. The summed E-state index contributed by atoms with van der Waals surface area (Å²) in [5, 5.41) is 13.3. The molecule has 0 bridgehead atoms. The second-order valence-electron chi connectivity index (χ2n) is 6.91. The summed E-state index contributed by atoms with van der Waals surface area (Å²) in [6.45, 7) is 2.88. The van der Waals surface area contributed by atoms with Crippen molar-refractivity contribution < 1.29 is 9.13 Å². The Labute approximate surface area is 153 Å². The molecule has 4 heteroatoms. The van der Waals surface area contributed by atoms with E-state index >= 15 is 0 Å². The van der Waals surface area contributed by atoms with Gasteiger partial charge in [-0.1, -0.05) is 12.1 Å². The monoisotopic (exact) mass is 348 g/mol. The zero-order valence-electron chi connectivity index (χ0n) is 14.8. The van der Waals surface area contributed by atoms with E-state index < -0.39 is 5.60 Å². The molecule has 4 rings (SSSR count). The molecule has 0 unspecified atom stereocenters. The third kappa shape index (κ3) is 2.64. The number of nitrogens with zero attached hydrogens (tertiary/aromatic N) is 1. The SMILES string of the molecule is CCNc1ccc2c(c1)OC1(CCCC1)C(C#N)=C2c1ccc(F)cc1. The first-order valence-electron chi connectivity index (χ1n) is 9.15.